The van der Waals surface area contributed by atoms with Gasteiger partial charge in [-0.1, -0.05) is 31.2 Å². The average molecular weight is 192 g/mol. The molecule has 1 aromatic rings. The molecule has 1 aromatic carbocycles. The van der Waals surface area contributed by atoms with Gasteiger partial charge in [-0.3, -0.25) is 5.43 Å². The number of nitrogens with two attached hydrogens (primary N) is 2. The van der Waals surface area contributed by atoms with Gasteiger partial charge in [-0.15, -0.1) is 0 Å². The van der Waals surface area contributed by atoms with Crippen LogP contribution in [0.1, 0.15) is 18.1 Å². The number of aryl methyl sites for hydroxylation is 1. The minimum atomic E-state index is 0.260. The fourth-order valence-corrected chi connectivity index (χ4v) is 1.27. The lowest BCUT2D eigenvalue weighted by molar-refractivity contribution is 0.943. The van der Waals surface area contributed by atoms with Crippen molar-refractivity contribution in [2.75, 3.05) is 0 Å². The van der Waals surface area contributed by atoms with Crippen LogP contribution in [0.15, 0.2) is 29.3 Å². The molecular weight excluding hydrogens is 176 g/mol. The summed E-state index contributed by atoms with van der Waals surface area (Å²) in [4.78, 5) is 4.08. The third-order valence-electron chi connectivity index (χ3n) is 2.07. The highest BCUT2D eigenvalue weighted by Crippen LogP contribution is 2.10. The molecule has 0 radical (unpaired) electrons. The van der Waals surface area contributed by atoms with Gasteiger partial charge in [-0.25, -0.2) is 10.8 Å². The molecule has 0 aromatic heterocycles. The van der Waals surface area contributed by atoms with E-state index in [-0.39, 0.29) is 5.96 Å². The average Bonchev–Trinajstić information content (AvgIpc) is 2.26. The zero-order valence-corrected chi connectivity index (χ0v) is 8.33. The lowest BCUT2D eigenvalue weighted by Gasteiger charge is -2.04. The molecule has 0 fully saturated rings. The second kappa shape index (κ2) is 5.24. The molecule has 4 nitrogen and oxygen atoms in total. The topological polar surface area (TPSA) is 76.4 Å². The van der Waals surface area contributed by atoms with Crippen LogP contribution in [0.4, 0.5) is 0 Å². The number of nitrogens with one attached hydrogen (secondary N) is 1. The van der Waals surface area contributed by atoms with Gasteiger partial charge < -0.3 is 5.73 Å². The van der Waals surface area contributed by atoms with E-state index in [0.29, 0.717) is 6.54 Å². The summed E-state index contributed by atoms with van der Waals surface area (Å²) in [7, 11) is 0. The van der Waals surface area contributed by atoms with Crippen molar-refractivity contribution in [3.63, 3.8) is 0 Å². The van der Waals surface area contributed by atoms with Gasteiger partial charge in [-0.2, -0.15) is 0 Å². The van der Waals surface area contributed by atoms with E-state index in [9.17, 15) is 0 Å². The summed E-state index contributed by atoms with van der Waals surface area (Å²) >= 11 is 0. The molecule has 0 aliphatic heterocycles. The summed E-state index contributed by atoms with van der Waals surface area (Å²) < 4.78 is 0. The number of hydrogen-bond donors (Lipinski definition) is 3. The Balaban J connectivity index is 2.76. The molecule has 0 bridgehead atoms. The van der Waals surface area contributed by atoms with E-state index in [2.05, 4.69) is 23.4 Å². The molecule has 0 amide bonds. The maximum Gasteiger partial charge on any atom is 0.203 e. The van der Waals surface area contributed by atoms with Crippen molar-refractivity contribution in [1.82, 2.24) is 5.43 Å². The first kappa shape index (κ1) is 10.5. The lowest BCUT2D eigenvalue weighted by atomic mass is 10.1. The summed E-state index contributed by atoms with van der Waals surface area (Å²) in [5.74, 6) is 5.36. The summed E-state index contributed by atoms with van der Waals surface area (Å²) in [6, 6.07) is 8.16. The molecule has 0 saturated carbocycles. The first-order valence-electron chi connectivity index (χ1n) is 4.61. The molecule has 0 atom stereocenters. The van der Waals surface area contributed by atoms with Crippen LogP contribution < -0.4 is 17.0 Å². The van der Waals surface area contributed by atoms with Crippen molar-refractivity contribution in [1.29, 1.82) is 0 Å². The zero-order chi connectivity index (χ0) is 10.4. The van der Waals surface area contributed by atoms with E-state index in [1.54, 1.807) is 0 Å². The van der Waals surface area contributed by atoms with Crippen LogP contribution in [-0.4, -0.2) is 5.96 Å². The molecule has 0 spiro atoms. The molecule has 0 aliphatic rings. The molecule has 4 heteroatoms. The van der Waals surface area contributed by atoms with Gasteiger partial charge in [0.25, 0.3) is 0 Å². The van der Waals surface area contributed by atoms with Crippen molar-refractivity contribution in [2.24, 2.45) is 16.6 Å². The van der Waals surface area contributed by atoms with E-state index in [1.165, 1.54) is 11.1 Å². The van der Waals surface area contributed by atoms with Crippen LogP contribution >= 0.6 is 0 Å². The largest absolute Gasteiger partial charge is 0.369 e. The Bertz CT molecular complexity index is 320. The number of benzene rings is 1. The van der Waals surface area contributed by atoms with Crippen molar-refractivity contribution >= 4 is 5.96 Å². The van der Waals surface area contributed by atoms with Gasteiger partial charge in [0.15, 0.2) is 0 Å². The first-order valence-corrected chi connectivity index (χ1v) is 4.61. The maximum atomic E-state index is 5.43. The standard InChI is InChI=1S/C10H16N4/c1-2-8-5-3-4-6-9(8)7-13-10(11)14-12/h3-6H,2,7,12H2,1H3,(H3,11,13,14). The zero-order valence-electron chi connectivity index (χ0n) is 8.33. The minimum Gasteiger partial charge on any atom is -0.369 e. The molecule has 0 saturated heterocycles. The smallest absolute Gasteiger partial charge is 0.203 e. The summed E-state index contributed by atoms with van der Waals surface area (Å²) in [6.45, 7) is 2.69. The number of aliphatic imine (C=N–C) groups is 1. The van der Waals surface area contributed by atoms with Gasteiger partial charge in [-0.05, 0) is 17.5 Å². The molecule has 5 N–H and O–H groups in total. The predicted molar refractivity (Wildman–Crippen MR) is 58.5 cm³/mol. The van der Waals surface area contributed by atoms with Crippen LogP contribution in [0, 0.1) is 0 Å². The Labute approximate surface area is 84.0 Å². The third-order valence-corrected chi connectivity index (χ3v) is 2.07. The van der Waals surface area contributed by atoms with E-state index in [4.69, 9.17) is 11.6 Å². The minimum absolute atomic E-state index is 0.260. The van der Waals surface area contributed by atoms with Crippen LogP contribution in [0.3, 0.4) is 0 Å². The van der Waals surface area contributed by atoms with Crippen LogP contribution in [0.5, 0.6) is 0 Å². The molecule has 0 aliphatic carbocycles. The molecule has 76 valence electrons. The highest BCUT2D eigenvalue weighted by atomic mass is 15.3. The van der Waals surface area contributed by atoms with E-state index in [0.717, 1.165) is 6.42 Å². The van der Waals surface area contributed by atoms with Crippen molar-refractivity contribution in [2.45, 2.75) is 19.9 Å². The Morgan fingerprint density at radius 2 is 2.00 bits per heavy atom. The molecule has 0 heterocycles. The maximum absolute atomic E-state index is 5.43. The van der Waals surface area contributed by atoms with E-state index in [1.807, 2.05) is 18.2 Å². The van der Waals surface area contributed by atoms with Crippen molar-refractivity contribution < 1.29 is 0 Å². The van der Waals surface area contributed by atoms with Crippen molar-refractivity contribution in [3.8, 4) is 0 Å². The number of hydrogen-bond acceptors (Lipinski definition) is 2. The van der Waals surface area contributed by atoms with Crippen LogP contribution in [0.2, 0.25) is 0 Å². The Kier molecular flexibility index (Phi) is 3.94. The summed E-state index contributed by atoms with van der Waals surface area (Å²) in [5, 5.41) is 0. The number of nitrogens with zero attached hydrogens (tertiary/aromatic N) is 1. The monoisotopic (exact) mass is 192 g/mol. The van der Waals surface area contributed by atoms with Gasteiger partial charge in [0.05, 0.1) is 6.54 Å². The van der Waals surface area contributed by atoms with E-state index < -0.39 is 0 Å². The van der Waals surface area contributed by atoms with Gasteiger partial charge in [0.1, 0.15) is 0 Å². The fourth-order valence-electron chi connectivity index (χ4n) is 1.27. The molecule has 1 rings (SSSR count). The second-order valence-corrected chi connectivity index (χ2v) is 2.97. The fraction of sp³-hybridized carbons (Fsp3) is 0.300. The van der Waals surface area contributed by atoms with Crippen molar-refractivity contribution in [3.05, 3.63) is 35.4 Å². The van der Waals surface area contributed by atoms with Crippen LogP contribution in [0.25, 0.3) is 0 Å². The lowest BCUT2D eigenvalue weighted by Crippen LogP contribution is -2.37. The first-order chi connectivity index (χ1) is 6.77. The normalized spacial score (nSPS) is 11.4. The van der Waals surface area contributed by atoms with Crippen LogP contribution in [-0.2, 0) is 13.0 Å². The van der Waals surface area contributed by atoms with Gasteiger partial charge >= 0.3 is 0 Å². The SMILES string of the molecule is CCc1ccccc1CN=C(N)NN. The number of guanidine groups is 1. The predicted octanol–water partition coefficient (Wildman–Crippen LogP) is 0.527. The third kappa shape index (κ3) is 2.74. The summed E-state index contributed by atoms with van der Waals surface area (Å²) in [6.07, 6.45) is 1.00. The Morgan fingerprint density at radius 1 is 1.36 bits per heavy atom. The van der Waals surface area contributed by atoms with Gasteiger partial charge in [0.2, 0.25) is 5.96 Å². The molecular formula is C10H16N4. The quantitative estimate of drug-likeness (QED) is 0.283. The van der Waals surface area contributed by atoms with E-state index >= 15 is 0 Å². The molecule has 0 unspecified atom stereocenters. The number of hydrazine groups is 1. The highest BCUT2D eigenvalue weighted by Gasteiger charge is 1.97. The Morgan fingerprint density at radius 3 is 2.57 bits per heavy atom. The second-order valence-electron chi connectivity index (χ2n) is 2.97. The summed E-state index contributed by atoms with van der Waals surface area (Å²) in [5.41, 5.74) is 10.2. The number of rotatable bonds is 3. The molecule has 14 heavy (non-hydrogen) atoms. The van der Waals surface area contributed by atoms with Gasteiger partial charge in [0, 0.05) is 0 Å². The highest BCUT2D eigenvalue weighted by molar-refractivity contribution is 5.77. The Hall–Kier alpha value is -1.55.